The highest BCUT2D eigenvalue weighted by atomic mass is 32.2. The van der Waals surface area contributed by atoms with Crippen molar-refractivity contribution in [2.45, 2.75) is 56.9 Å². The molecule has 1 N–H and O–H groups in total. The Morgan fingerprint density at radius 2 is 2.06 bits per heavy atom. The van der Waals surface area contributed by atoms with Crippen LogP contribution < -0.4 is 5.32 Å². The molecule has 0 spiro atoms. The summed E-state index contributed by atoms with van der Waals surface area (Å²) in [6.45, 7) is 8.95. The predicted molar refractivity (Wildman–Crippen MR) is 79.2 cm³/mol. The van der Waals surface area contributed by atoms with Crippen LogP contribution in [0.25, 0.3) is 0 Å². The van der Waals surface area contributed by atoms with Crippen molar-refractivity contribution in [3.63, 3.8) is 0 Å². The Labute approximate surface area is 115 Å². The van der Waals surface area contributed by atoms with Gasteiger partial charge in [-0.15, -0.1) is 11.8 Å². The lowest BCUT2D eigenvalue weighted by Crippen LogP contribution is -2.41. The molecule has 2 unspecified atom stereocenters. The van der Waals surface area contributed by atoms with Crippen LogP contribution in [0, 0.1) is 19.3 Å². The van der Waals surface area contributed by atoms with Gasteiger partial charge in [-0.25, -0.2) is 4.98 Å². The molecule has 0 bridgehead atoms. The van der Waals surface area contributed by atoms with E-state index >= 15 is 0 Å². The van der Waals surface area contributed by atoms with Gasteiger partial charge in [0.05, 0.1) is 5.03 Å². The van der Waals surface area contributed by atoms with Gasteiger partial charge in [-0.3, -0.25) is 0 Å². The lowest BCUT2D eigenvalue weighted by atomic mass is 9.87. The predicted octanol–water partition coefficient (Wildman–Crippen LogP) is 3.57. The molecule has 1 fully saturated rings. The van der Waals surface area contributed by atoms with Crippen molar-refractivity contribution in [3.8, 4) is 0 Å². The van der Waals surface area contributed by atoms with Gasteiger partial charge in [0.1, 0.15) is 0 Å². The van der Waals surface area contributed by atoms with Gasteiger partial charge in [-0.1, -0.05) is 13.8 Å². The largest absolute Gasteiger partial charge is 0.315 e. The lowest BCUT2D eigenvalue weighted by Gasteiger charge is -2.30. The van der Waals surface area contributed by atoms with E-state index in [1.54, 1.807) is 0 Å². The van der Waals surface area contributed by atoms with Crippen LogP contribution in [-0.2, 0) is 0 Å². The number of hydrogen-bond acceptors (Lipinski definition) is 3. The minimum atomic E-state index is 0.394. The fourth-order valence-electron chi connectivity index (χ4n) is 3.06. The van der Waals surface area contributed by atoms with Crippen LogP contribution in [0.15, 0.2) is 17.2 Å². The summed E-state index contributed by atoms with van der Waals surface area (Å²) in [4.78, 5) is 4.65. The standard InChI is InChI=1S/C15H24N2S/c1-10-8-11(2)17-13(9-10)18-12-6-7-15(3,4)14(12)16-5/h8-9,12,14,16H,6-7H2,1-5H3. The van der Waals surface area contributed by atoms with Crippen molar-refractivity contribution in [1.29, 1.82) is 0 Å². The van der Waals surface area contributed by atoms with E-state index in [4.69, 9.17) is 0 Å². The van der Waals surface area contributed by atoms with E-state index in [0.29, 0.717) is 16.7 Å². The molecule has 0 saturated heterocycles. The summed E-state index contributed by atoms with van der Waals surface area (Å²) in [7, 11) is 2.08. The van der Waals surface area contributed by atoms with Crippen molar-refractivity contribution in [2.75, 3.05) is 7.05 Å². The van der Waals surface area contributed by atoms with Crippen molar-refractivity contribution in [2.24, 2.45) is 5.41 Å². The molecule has 3 heteroatoms. The Kier molecular flexibility index (Phi) is 4.02. The molecule has 1 aromatic rings. The number of rotatable bonds is 3. The highest BCUT2D eigenvalue weighted by Crippen LogP contribution is 2.44. The van der Waals surface area contributed by atoms with Crippen LogP contribution in [0.2, 0.25) is 0 Å². The first-order valence-electron chi connectivity index (χ1n) is 6.71. The topological polar surface area (TPSA) is 24.9 Å². The molecule has 1 saturated carbocycles. The number of hydrogen-bond donors (Lipinski definition) is 1. The number of aromatic nitrogens is 1. The third-order valence-corrected chi connectivity index (χ3v) is 5.21. The molecule has 1 aliphatic carbocycles. The number of pyridine rings is 1. The monoisotopic (exact) mass is 264 g/mol. The first-order chi connectivity index (χ1) is 8.42. The van der Waals surface area contributed by atoms with Crippen LogP contribution in [-0.4, -0.2) is 23.3 Å². The molecule has 2 rings (SSSR count). The number of nitrogens with zero attached hydrogens (tertiary/aromatic N) is 1. The van der Waals surface area contributed by atoms with E-state index in [1.807, 2.05) is 11.8 Å². The zero-order valence-electron chi connectivity index (χ0n) is 12.1. The molecule has 0 amide bonds. The van der Waals surface area contributed by atoms with Crippen LogP contribution in [0.3, 0.4) is 0 Å². The second kappa shape index (κ2) is 5.22. The number of thioether (sulfide) groups is 1. The van der Waals surface area contributed by atoms with Gasteiger partial charge in [0, 0.05) is 17.0 Å². The summed E-state index contributed by atoms with van der Waals surface area (Å²) in [5, 5.41) is 5.32. The molecule has 0 radical (unpaired) electrons. The van der Waals surface area contributed by atoms with Gasteiger partial charge in [-0.05, 0) is 56.8 Å². The molecular formula is C15H24N2S. The Morgan fingerprint density at radius 1 is 1.33 bits per heavy atom. The molecule has 18 heavy (non-hydrogen) atoms. The van der Waals surface area contributed by atoms with Crippen LogP contribution in [0.1, 0.15) is 37.9 Å². The van der Waals surface area contributed by atoms with Gasteiger partial charge >= 0.3 is 0 Å². The van der Waals surface area contributed by atoms with Gasteiger partial charge in [0.2, 0.25) is 0 Å². The minimum absolute atomic E-state index is 0.394. The third kappa shape index (κ3) is 2.89. The first kappa shape index (κ1) is 13.9. The maximum atomic E-state index is 4.65. The molecule has 0 aliphatic heterocycles. The van der Waals surface area contributed by atoms with E-state index in [2.05, 4.69) is 57.2 Å². The fourth-order valence-corrected chi connectivity index (χ4v) is 4.70. The van der Waals surface area contributed by atoms with E-state index < -0.39 is 0 Å². The average molecular weight is 264 g/mol. The van der Waals surface area contributed by atoms with E-state index in [1.165, 1.54) is 23.4 Å². The molecule has 2 nitrogen and oxygen atoms in total. The van der Waals surface area contributed by atoms with Crippen LogP contribution in [0.4, 0.5) is 0 Å². The van der Waals surface area contributed by atoms with Crippen molar-refractivity contribution < 1.29 is 0 Å². The Morgan fingerprint density at radius 3 is 2.67 bits per heavy atom. The van der Waals surface area contributed by atoms with Gasteiger partial charge in [-0.2, -0.15) is 0 Å². The van der Waals surface area contributed by atoms with Crippen molar-refractivity contribution >= 4 is 11.8 Å². The first-order valence-corrected chi connectivity index (χ1v) is 7.59. The zero-order chi connectivity index (χ0) is 13.3. The second-order valence-corrected chi connectivity index (χ2v) is 7.33. The Hall–Kier alpha value is -0.540. The van der Waals surface area contributed by atoms with E-state index in [-0.39, 0.29) is 0 Å². The summed E-state index contributed by atoms with van der Waals surface area (Å²) < 4.78 is 0. The zero-order valence-corrected chi connectivity index (χ0v) is 12.9. The summed E-state index contributed by atoms with van der Waals surface area (Å²) >= 11 is 1.94. The molecule has 1 heterocycles. The summed E-state index contributed by atoms with van der Waals surface area (Å²) in [6.07, 6.45) is 2.57. The van der Waals surface area contributed by atoms with E-state index in [9.17, 15) is 0 Å². The Balaban J connectivity index is 2.14. The SMILES string of the molecule is CNC1C(Sc2cc(C)cc(C)n2)CCC1(C)C. The van der Waals surface area contributed by atoms with Gasteiger partial charge < -0.3 is 5.32 Å². The highest BCUT2D eigenvalue weighted by molar-refractivity contribution is 7.99. The smallest absolute Gasteiger partial charge is 0.0968 e. The number of aryl methyl sites for hydroxylation is 2. The van der Waals surface area contributed by atoms with Crippen molar-refractivity contribution in [1.82, 2.24) is 10.3 Å². The average Bonchev–Trinajstić information content (AvgIpc) is 2.52. The normalized spacial score (nSPS) is 26.5. The van der Waals surface area contributed by atoms with Gasteiger partial charge in [0.25, 0.3) is 0 Å². The fraction of sp³-hybridized carbons (Fsp3) is 0.667. The van der Waals surface area contributed by atoms with Crippen LogP contribution >= 0.6 is 11.8 Å². The molecule has 2 atom stereocenters. The second-order valence-electron chi connectivity index (χ2n) is 6.07. The lowest BCUT2D eigenvalue weighted by molar-refractivity contribution is 0.300. The summed E-state index contributed by atoms with van der Waals surface area (Å²) in [5.74, 6) is 0. The summed E-state index contributed by atoms with van der Waals surface area (Å²) in [6, 6.07) is 4.92. The molecule has 1 aromatic heterocycles. The quantitative estimate of drug-likeness (QED) is 0.903. The molecule has 100 valence electrons. The maximum absolute atomic E-state index is 4.65. The maximum Gasteiger partial charge on any atom is 0.0968 e. The number of nitrogens with one attached hydrogen (secondary N) is 1. The molecule has 0 aromatic carbocycles. The third-order valence-electron chi connectivity index (χ3n) is 3.94. The van der Waals surface area contributed by atoms with Crippen molar-refractivity contribution in [3.05, 3.63) is 23.4 Å². The summed E-state index contributed by atoms with van der Waals surface area (Å²) in [5.41, 5.74) is 2.82. The van der Waals surface area contributed by atoms with Crippen LogP contribution in [0.5, 0.6) is 0 Å². The van der Waals surface area contributed by atoms with Gasteiger partial charge in [0.15, 0.2) is 0 Å². The van der Waals surface area contributed by atoms with E-state index in [0.717, 1.165) is 5.69 Å². The highest BCUT2D eigenvalue weighted by Gasteiger charge is 2.41. The minimum Gasteiger partial charge on any atom is -0.315 e. The Bertz CT molecular complexity index is 408. The molecule has 1 aliphatic rings. The molecular weight excluding hydrogens is 240 g/mol.